The summed E-state index contributed by atoms with van der Waals surface area (Å²) in [6.07, 6.45) is 6.40. The van der Waals surface area contributed by atoms with E-state index in [1.165, 1.54) is 31.9 Å². The second-order valence-corrected chi connectivity index (χ2v) is 5.27. The molecule has 0 heterocycles. The molecule has 114 valence electrons. The number of carbonyl (C=O) groups excluding carboxylic acids is 1. The average molecular weight is 344 g/mol. The first-order valence-corrected chi connectivity index (χ1v) is 8.23. The molecule has 4 heteroatoms. The minimum absolute atomic E-state index is 0.0875. The molecule has 0 spiro atoms. The van der Waals surface area contributed by atoms with Gasteiger partial charge in [-0.25, -0.2) is 0 Å². The molecule has 0 aliphatic heterocycles. The summed E-state index contributed by atoms with van der Waals surface area (Å²) in [5.74, 6) is -0.0875. The van der Waals surface area contributed by atoms with Crippen LogP contribution < -0.4 is 5.73 Å². The predicted molar refractivity (Wildman–Crippen MR) is 87.8 cm³/mol. The molecule has 0 amide bonds. The Morgan fingerprint density at radius 1 is 1.10 bits per heavy atom. The fraction of sp³-hybridized carbons (Fsp3) is 0.562. The highest BCUT2D eigenvalue weighted by molar-refractivity contribution is 9.09. The molecule has 1 aromatic carbocycles. The minimum atomic E-state index is -0.0875. The minimum Gasteiger partial charge on any atom is -0.469 e. The Balaban J connectivity index is 0.000000388. The van der Waals surface area contributed by atoms with E-state index in [9.17, 15) is 4.79 Å². The third-order valence-electron chi connectivity index (χ3n) is 2.82. The molecule has 0 saturated heterocycles. The van der Waals surface area contributed by atoms with Gasteiger partial charge in [0.05, 0.1) is 7.11 Å². The van der Waals surface area contributed by atoms with Crippen LogP contribution in [0.4, 0.5) is 0 Å². The van der Waals surface area contributed by atoms with E-state index in [0.717, 1.165) is 18.2 Å². The van der Waals surface area contributed by atoms with Crippen molar-refractivity contribution in [1.29, 1.82) is 0 Å². The van der Waals surface area contributed by atoms with E-state index in [0.29, 0.717) is 13.0 Å². The normalized spacial score (nSPS) is 9.55. The van der Waals surface area contributed by atoms with Crippen molar-refractivity contribution in [3.05, 3.63) is 35.9 Å². The van der Waals surface area contributed by atoms with Gasteiger partial charge in [-0.15, -0.1) is 0 Å². The second-order valence-electron chi connectivity index (χ2n) is 4.47. The third-order valence-corrected chi connectivity index (χ3v) is 3.38. The molecule has 0 bridgehead atoms. The van der Waals surface area contributed by atoms with E-state index in [4.69, 9.17) is 5.73 Å². The predicted octanol–water partition coefficient (Wildman–Crippen LogP) is 4.04. The number of rotatable bonds is 8. The summed E-state index contributed by atoms with van der Waals surface area (Å²) < 4.78 is 4.53. The number of nitrogens with two attached hydrogens (primary N) is 1. The van der Waals surface area contributed by atoms with Gasteiger partial charge in [-0.3, -0.25) is 4.79 Å². The maximum Gasteiger partial charge on any atom is 0.305 e. The molecular formula is C16H26BrNO2. The number of halogens is 1. The molecule has 1 rings (SSSR count). The number of methoxy groups -OCH3 is 1. The lowest BCUT2D eigenvalue weighted by Crippen LogP contribution is -1.99. The lowest BCUT2D eigenvalue weighted by Gasteiger charge is -1.99. The molecule has 0 unspecified atom stereocenters. The first-order chi connectivity index (χ1) is 9.74. The number of carbonyl (C=O) groups is 1. The SMILES string of the molecule is COC(=O)CCCCCCCBr.NCc1ccccc1. The van der Waals surface area contributed by atoms with Gasteiger partial charge in [0.1, 0.15) is 0 Å². The fourth-order valence-corrected chi connectivity index (χ4v) is 2.01. The number of hydrogen-bond donors (Lipinski definition) is 1. The monoisotopic (exact) mass is 343 g/mol. The average Bonchev–Trinajstić information content (AvgIpc) is 2.52. The summed E-state index contributed by atoms with van der Waals surface area (Å²) in [7, 11) is 1.44. The summed E-state index contributed by atoms with van der Waals surface area (Å²) in [5, 5.41) is 1.09. The van der Waals surface area contributed by atoms with Crippen LogP contribution in [0.2, 0.25) is 0 Å². The summed E-state index contributed by atoms with van der Waals surface area (Å²) in [6, 6.07) is 9.99. The van der Waals surface area contributed by atoms with Crippen LogP contribution in [0.5, 0.6) is 0 Å². The number of unbranched alkanes of at least 4 members (excludes halogenated alkanes) is 4. The standard InChI is InChI=1S/C9H17BrO2.C7H9N/c1-12-9(11)7-5-3-2-4-6-8-10;8-6-7-4-2-1-3-5-7/h2-8H2,1H3;1-5H,6,8H2. The molecule has 1 aromatic rings. The Labute approximate surface area is 131 Å². The van der Waals surface area contributed by atoms with Crippen molar-refractivity contribution >= 4 is 21.9 Å². The Bertz CT molecular complexity index is 331. The second kappa shape index (κ2) is 14.5. The molecule has 0 aliphatic carbocycles. The number of esters is 1. The van der Waals surface area contributed by atoms with Crippen molar-refractivity contribution in [2.75, 3.05) is 12.4 Å². The lowest BCUT2D eigenvalue weighted by atomic mass is 10.1. The Hall–Kier alpha value is -0.870. The molecule has 0 aromatic heterocycles. The molecular weight excluding hydrogens is 318 g/mol. The summed E-state index contributed by atoms with van der Waals surface area (Å²) in [6.45, 7) is 0.640. The third kappa shape index (κ3) is 12.2. The quantitative estimate of drug-likeness (QED) is 0.440. The summed E-state index contributed by atoms with van der Waals surface area (Å²) >= 11 is 3.38. The van der Waals surface area contributed by atoms with Crippen molar-refractivity contribution in [3.63, 3.8) is 0 Å². The molecule has 0 aliphatic rings. The Kier molecular flexibility index (Phi) is 13.9. The maximum absolute atomic E-state index is 10.7. The summed E-state index contributed by atoms with van der Waals surface area (Å²) in [4.78, 5) is 10.7. The molecule has 2 N–H and O–H groups in total. The fourth-order valence-electron chi connectivity index (χ4n) is 1.61. The van der Waals surface area contributed by atoms with E-state index >= 15 is 0 Å². The summed E-state index contributed by atoms with van der Waals surface area (Å²) in [5.41, 5.74) is 6.54. The molecule has 0 radical (unpaired) electrons. The van der Waals surface area contributed by atoms with Crippen LogP contribution >= 0.6 is 15.9 Å². The van der Waals surface area contributed by atoms with Gasteiger partial charge in [0.25, 0.3) is 0 Å². The topological polar surface area (TPSA) is 52.3 Å². The first-order valence-electron chi connectivity index (χ1n) is 7.11. The maximum atomic E-state index is 10.7. The Morgan fingerprint density at radius 2 is 1.70 bits per heavy atom. The van der Waals surface area contributed by atoms with Crippen molar-refractivity contribution in [3.8, 4) is 0 Å². The smallest absolute Gasteiger partial charge is 0.305 e. The number of ether oxygens (including phenoxy) is 1. The van der Waals surface area contributed by atoms with E-state index in [1.54, 1.807) is 0 Å². The van der Waals surface area contributed by atoms with Crippen molar-refractivity contribution in [2.24, 2.45) is 5.73 Å². The molecule has 3 nitrogen and oxygen atoms in total. The van der Waals surface area contributed by atoms with Crippen LogP contribution in [0.25, 0.3) is 0 Å². The van der Waals surface area contributed by atoms with E-state index in [2.05, 4.69) is 20.7 Å². The number of benzene rings is 1. The van der Waals surface area contributed by atoms with Gasteiger partial charge in [0.15, 0.2) is 0 Å². The zero-order valence-corrected chi connectivity index (χ0v) is 13.9. The van der Waals surface area contributed by atoms with Crippen molar-refractivity contribution in [2.45, 2.75) is 45.1 Å². The highest BCUT2D eigenvalue weighted by atomic mass is 79.9. The van der Waals surface area contributed by atoms with E-state index in [-0.39, 0.29) is 5.97 Å². The van der Waals surface area contributed by atoms with Gasteiger partial charge in [-0.1, -0.05) is 65.5 Å². The van der Waals surface area contributed by atoms with Crippen LogP contribution in [-0.2, 0) is 16.1 Å². The highest BCUT2D eigenvalue weighted by Gasteiger charge is 1.98. The first kappa shape index (κ1) is 19.1. The van der Waals surface area contributed by atoms with E-state index in [1.807, 2.05) is 30.3 Å². The van der Waals surface area contributed by atoms with Crippen LogP contribution in [0.1, 0.15) is 44.1 Å². The van der Waals surface area contributed by atoms with Gasteiger partial charge >= 0.3 is 5.97 Å². The van der Waals surface area contributed by atoms with Crippen LogP contribution in [0.3, 0.4) is 0 Å². The van der Waals surface area contributed by atoms with Gasteiger partial charge in [-0.05, 0) is 18.4 Å². The van der Waals surface area contributed by atoms with Gasteiger partial charge < -0.3 is 10.5 Å². The van der Waals surface area contributed by atoms with Gasteiger partial charge in [0.2, 0.25) is 0 Å². The molecule has 0 atom stereocenters. The van der Waals surface area contributed by atoms with Crippen LogP contribution in [-0.4, -0.2) is 18.4 Å². The zero-order valence-electron chi connectivity index (χ0n) is 12.3. The Morgan fingerprint density at radius 3 is 2.20 bits per heavy atom. The van der Waals surface area contributed by atoms with Gasteiger partial charge in [0, 0.05) is 18.3 Å². The molecule has 20 heavy (non-hydrogen) atoms. The number of hydrogen-bond acceptors (Lipinski definition) is 3. The van der Waals surface area contributed by atoms with Crippen molar-refractivity contribution in [1.82, 2.24) is 0 Å². The molecule has 0 fully saturated rings. The van der Waals surface area contributed by atoms with Gasteiger partial charge in [-0.2, -0.15) is 0 Å². The van der Waals surface area contributed by atoms with Crippen molar-refractivity contribution < 1.29 is 9.53 Å². The van der Waals surface area contributed by atoms with Crippen LogP contribution in [0, 0.1) is 0 Å². The highest BCUT2D eigenvalue weighted by Crippen LogP contribution is 2.06. The van der Waals surface area contributed by atoms with Crippen LogP contribution in [0.15, 0.2) is 30.3 Å². The number of alkyl halides is 1. The molecule has 0 saturated carbocycles. The largest absolute Gasteiger partial charge is 0.469 e. The van der Waals surface area contributed by atoms with E-state index < -0.39 is 0 Å². The zero-order chi connectivity index (χ0) is 15.1. The lowest BCUT2D eigenvalue weighted by molar-refractivity contribution is -0.140.